The fourth-order valence-corrected chi connectivity index (χ4v) is 1.35. The largest absolute Gasteiger partial charge is 0.508 e. The maximum atomic E-state index is 11.2. The highest BCUT2D eigenvalue weighted by Gasteiger charge is 2.03. The van der Waals surface area contributed by atoms with Gasteiger partial charge in [-0.15, -0.1) is 0 Å². The van der Waals surface area contributed by atoms with Crippen LogP contribution in [-0.4, -0.2) is 16.1 Å². The third-order valence-corrected chi connectivity index (χ3v) is 2.06. The molecular formula is C11H14N2O2S. The van der Waals surface area contributed by atoms with Crippen molar-refractivity contribution in [1.82, 2.24) is 5.32 Å². The molecule has 1 amide bonds. The lowest BCUT2D eigenvalue weighted by Crippen LogP contribution is -2.33. The normalized spacial score (nSPS) is 9.56. The molecule has 5 heteroatoms. The van der Waals surface area contributed by atoms with Gasteiger partial charge in [-0.2, -0.15) is 0 Å². The van der Waals surface area contributed by atoms with Crippen LogP contribution in [0.1, 0.15) is 19.8 Å². The SMILES string of the molecule is CCCC(=O)NC(=S)Nc1ccc(O)cc1. The number of amides is 1. The Hall–Kier alpha value is -1.62. The molecule has 0 saturated heterocycles. The number of hydrogen-bond acceptors (Lipinski definition) is 3. The minimum Gasteiger partial charge on any atom is -0.508 e. The van der Waals surface area contributed by atoms with Gasteiger partial charge in [-0.25, -0.2) is 0 Å². The maximum Gasteiger partial charge on any atom is 0.226 e. The van der Waals surface area contributed by atoms with E-state index in [1.54, 1.807) is 24.3 Å². The van der Waals surface area contributed by atoms with Crippen molar-refractivity contribution < 1.29 is 9.90 Å². The van der Waals surface area contributed by atoms with Crippen molar-refractivity contribution in [3.05, 3.63) is 24.3 Å². The van der Waals surface area contributed by atoms with Crippen molar-refractivity contribution in [2.24, 2.45) is 0 Å². The van der Waals surface area contributed by atoms with Gasteiger partial charge in [0.2, 0.25) is 5.91 Å². The van der Waals surface area contributed by atoms with Crippen LogP contribution in [-0.2, 0) is 4.79 Å². The number of benzene rings is 1. The molecule has 0 fully saturated rings. The number of thiocarbonyl (C=S) groups is 1. The summed E-state index contributed by atoms with van der Waals surface area (Å²) in [6, 6.07) is 6.43. The van der Waals surface area contributed by atoms with Crippen LogP contribution < -0.4 is 10.6 Å². The number of anilines is 1. The molecule has 0 aliphatic rings. The van der Waals surface area contributed by atoms with Gasteiger partial charge in [-0.1, -0.05) is 6.92 Å². The monoisotopic (exact) mass is 238 g/mol. The molecule has 0 unspecified atom stereocenters. The summed E-state index contributed by atoms with van der Waals surface area (Å²) < 4.78 is 0. The van der Waals surface area contributed by atoms with Gasteiger partial charge in [0.25, 0.3) is 0 Å². The number of phenolic OH excluding ortho intramolecular Hbond substituents is 1. The van der Waals surface area contributed by atoms with Crippen molar-refractivity contribution in [1.29, 1.82) is 0 Å². The number of nitrogens with one attached hydrogen (secondary N) is 2. The first kappa shape index (κ1) is 12.4. The van der Waals surface area contributed by atoms with Crippen molar-refractivity contribution >= 4 is 28.9 Å². The molecule has 0 aliphatic carbocycles. The van der Waals surface area contributed by atoms with E-state index in [1.807, 2.05) is 6.92 Å². The van der Waals surface area contributed by atoms with E-state index in [4.69, 9.17) is 17.3 Å². The van der Waals surface area contributed by atoms with Crippen LogP contribution in [0.15, 0.2) is 24.3 Å². The van der Waals surface area contributed by atoms with E-state index in [0.717, 1.165) is 12.1 Å². The second-order valence-corrected chi connectivity index (χ2v) is 3.71. The Kier molecular flexibility index (Phi) is 4.72. The summed E-state index contributed by atoms with van der Waals surface area (Å²) in [7, 11) is 0. The summed E-state index contributed by atoms with van der Waals surface area (Å²) in [6.07, 6.45) is 1.24. The Bertz CT molecular complexity index is 376. The van der Waals surface area contributed by atoms with Crippen molar-refractivity contribution in [2.75, 3.05) is 5.32 Å². The van der Waals surface area contributed by atoms with E-state index in [1.165, 1.54) is 0 Å². The van der Waals surface area contributed by atoms with Crippen molar-refractivity contribution in [3.63, 3.8) is 0 Å². The maximum absolute atomic E-state index is 11.2. The average molecular weight is 238 g/mol. The Morgan fingerprint density at radius 3 is 2.56 bits per heavy atom. The van der Waals surface area contributed by atoms with Gasteiger partial charge in [0.1, 0.15) is 5.75 Å². The van der Waals surface area contributed by atoms with Crippen LogP contribution in [0.2, 0.25) is 0 Å². The van der Waals surface area contributed by atoms with E-state index in [-0.39, 0.29) is 16.8 Å². The van der Waals surface area contributed by atoms with Gasteiger partial charge >= 0.3 is 0 Å². The fraction of sp³-hybridized carbons (Fsp3) is 0.273. The van der Waals surface area contributed by atoms with Gasteiger partial charge in [0.15, 0.2) is 5.11 Å². The Morgan fingerprint density at radius 2 is 2.00 bits per heavy atom. The molecule has 0 bridgehead atoms. The van der Waals surface area contributed by atoms with E-state index in [9.17, 15) is 4.79 Å². The molecule has 1 rings (SSSR count). The van der Waals surface area contributed by atoms with Crippen LogP contribution in [0.3, 0.4) is 0 Å². The van der Waals surface area contributed by atoms with Gasteiger partial charge in [0, 0.05) is 12.1 Å². The zero-order valence-corrected chi connectivity index (χ0v) is 9.80. The summed E-state index contributed by atoms with van der Waals surface area (Å²) in [5.41, 5.74) is 0.722. The first-order valence-electron chi connectivity index (χ1n) is 5.01. The molecular weight excluding hydrogens is 224 g/mol. The predicted octanol–water partition coefficient (Wildman–Crippen LogP) is 2.01. The molecule has 0 atom stereocenters. The second-order valence-electron chi connectivity index (χ2n) is 3.30. The summed E-state index contributed by atoms with van der Waals surface area (Å²) >= 11 is 4.95. The predicted molar refractivity (Wildman–Crippen MR) is 67.4 cm³/mol. The minimum absolute atomic E-state index is 0.0984. The van der Waals surface area contributed by atoms with E-state index < -0.39 is 0 Å². The number of phenols is 1. The average Bonchev–Trinajstić information content (AvgIpc) is 2.21. The molecule has 3 N–H and O–H groups in total. The van der Waals surface area contributed by atoms with Crippen LogP contribution in [0, 0.1) is 0 Å². The summed E-state index contributed by atoms with van der Waals surface area (Å²) in [6.45, 7) is 1.93. The summed E-state index contributed by atoms with van der Waals surface area (Å²) in [5, 5.41) is 14.8. The quantitative estimate of drug-likeness (QED) is 0.557. The van der Waals surface area contributed by atoms with E-state index in [0.29, 0.717) is 6.42 Å². The Labute approximate surface area is 99.7 Å². The van der Waals surface area contributed by atoms with Gasteiger partial charge in [-0.3, -0.25) is 4.79 Å². The van der Waals surface area contributed by atoms with Gasteiger partial charge in [0.05, 0.1) is 0 Å². The molecule has 16 heavy (non-hydrogen) atoms. The number of carbonyl (C=O) groups is 1. The number of rotatable bonds is 3. The Morgan fingerprint density at radius 1 is 1.38 bits per heavy atom. The molecule has 0 aromatic heterocycles. The molecule has 1 aromatic carbocycles. The van der Waals surface area contributed by atoms with E-state index in [2.05, 4.69) is 10.6 Å². The first-order valence-corrected chi connectivity index (χ1v) is 5.42. The van der Waals surface area contributed by atoms with Crippen LogP contribution >= 0.6 is 12.2 Å². The zero-order valence-electron chi connectivity index (χ0n) is 8.99. The lowest BCUT2D eigenvalue weighted by Gasteiger charge is -2.08. The molecule has 0 heterocycles. The molecule has 0 spiro atoms. The van der Waals surface area contributed by atoms with Crippen molar-refractivity contribution in [3.8, 4) is 5.75 Å². The van der Waals surface area contributed by atoms with Crippen LogP contribution in [0.4, 0.5) is 5.69 Å². The Balaban J connectivity index is 2.45. The van der Waals surface area contributed by atoms with Crippen molar-refractivity contribution in [2.45, 2.75) is 19.8 Å². The smallest absolute Gasteiger partial charge is 0.226 e. The topological polar surface area (TPSA) is 61.4 Å². The first-order chi connectivity index (χ1) is 7.61. The molecule has 4 nitrogen and oxygen atoms in total. The molecule has 0 aliphatic heterocycles. The zero-order chi connectivity index (χ0) is 12.0. The molecule has 0 radical (unpaired) electrons. The van der Waals surface area contributed by atoms with Crippen LogP contribution in [0.25, 0.3) is 0 Å². The highest BCUT2D eigenvalue weighted by atomic mass is 32.1. The van der Waals surface area contributed by atoms with Gasteiger partial charge < -0.3 is 15.7 Å². The number of aromatic hydroxyl groups is 1. The molecule has 1 aromatic rings. The van der Waals surface area contributed by atoms with Crippen LogP contribution in [0.5, 0.6) is 5.75 Å². The standard InChI is InChI=1S/C11H14N2O2S/c1-2-3-10(15)13-11(16)12-8-4-6-9(14)7-5-8/h4-7,14H,2-3H2,1H3,(H2,12,13,15,16). The number of carbonyl (C=O) groups excluding carboxylic acids is 1. The number of hydrogen-bond donors (Lipinski definition) is 3. The highest BCUT2D eigenvalue weighted by Crippen LogP contribution is 2.13. The van der Waals surface area contributed by atoms with Gasteiger partial charge in [-0.05, 0) is 42.9 Å². The lowest BCUT2D eigenvalue weighted by atomic mass is 10.3. The lowest BCUT2D eigenvalue weighted by molar-refractivity contribution is -0.119. The summed E-state index contributed by atoms with van der Waals surface area (Å²) in [4.78, 5) is 11.2. The highest BCUT2D eigenvalue weighted by molar-refractivity contribution is 7.80. The second kappa shape index (κ2) is 6.07. The minimum atomic E-state index is -0.0984. The summed E-state index contributed by atoms with van der Waals surface area (Å²) in [5.74, 6) is 0.0882. The molecule has 86 valence electrons. The van der Waals surface area contributed by atoms with E-state index >= 15 is 0 Å². The third-order valence-electron chi connectivity index (χ3n) is 1.86. The third kappa shape index (κ3) is 4.27. The molecule has 0 saturated carbocycles. The fourth-order valence-electron chi connectivity index (χ4n) is 1.12.